The normalized spacial score (nSPS) is 11.9. The number of carbonyl (C=O) groups excluding carboxylic acids is 1. The van der Waals surface area contributed by atoms with Crippen LogP contribution in [0.25, 0.3) is 10.9 Å². The highest BCUT2D eigenvalue weighted by Crippen LogP contribution is 2.30. The van der Waals surface area contributed by atoms with Crippen LogP contribution in [0.15, 0.2) is 48.7 Å². The zero-order valence-corrected chi connectivity index (χ0v) is 16.1. The van der Waals surface area contributed by atoms with E-state index in [1.165, 1.54) is 0 Å². The molecule has 0 aliphatic heterocycles. The van der Waals surface area contributed by atoms with Crippen LogP contribution in [-0.4, -0.2) is 23.6 Å². The van der Waals surface area contributed by atoms with E-state index in [0.29, 0.717) is 18.0 Å². The number of rotatable bonds is 6. The van der Waals surface area contributed by atoms with E-state index in [1.54, 1.807) is 13.1 Å². The lowest BCUT2D eigenvalue weighted by molar-refractivity contribution is -0.122. The van der Waals surface area contributed by atoms with Crippen molar-refractivity contribution in [3.8, 4) is 11.5 Å². The van der Waals surface area contributed by atoms with Crippen molar-refractivity contribution in [2.45, 2.75) is 33.8 Å². The Morgan fingerprint density at radius 1 is 1.11 bits per heavy atom. The quantitative estimate of drug-likeness (QED) is 0.691. The molecule has 140 valence electrons. The van der Waals surface area contributed by atoms with Gasteiger partial charge in [0.1, 0.15) is 17.0 Å². The van der Waals surface area contributed by atoms with Crippen LogP contribution in [0.1, 0.15) is 25.0 Å². The predicted molar refractivity (Wildman–Crippen MR) is 108 cm³/mol. The molecular formula is C22H24N2O3. The van der Waals surface area contributed by atoms with Gasteiger partial charge in [0.2, 0.25) is 0 Å². The summed E-state index contributed by atoms with van der Waals surface area (Å²) < 4.78 is 11.5. The number of fused-ring (bicyclic) bond motifs is 1. The number of benzene rings is 2. The molecule has 1 atom stereocenters. The molecule has 0 spiro atoms. The lowest BCUT2D eigenvalue weighted by atomic mass is 10.1. The fraction of sp³-hybridized carbons (Fsp3) is 0.273. The summed E-state index contributed by atoms with van der Waals surface area (Å²) in [6, 6.07) is 13.2. The number of hydrogen-bond acceptors (Lipinski definition) is 4. The largest absolute Gasteiger partial charge is 0.492 e. The smallest absolute Gasteiger partial charge is 0.265 e. The Morgan fingerprint density at radius 3 is 2.70 bits per heavy atom. The van der Waals surface area contributed by atoms with Gasteiger partial charge >= 0.3 is 0 Å². The molecule has 0 aliphatic rings. The van der Waals surface area contributed by atoms with Crippen molar-refractivity contribution in [2.75, 3.05) is 11.9 Å². The van der Waals surface area contributed by atoms with Gasteiger partial charge in [0, 0.05) is 11.6 Å². The van der Waals surface area contributed by atoms with Gasteiger partial charge < -0.3 is 14.8 Å². The Labute approximate surface area is 159 Å². The number of aromatic nitrogens is 1. The van der Waals surface area contributed by atoms with E-state index < -0.39 is 6.10 Å². The fourth-order valence-corrected chi connectivity index (χ4v) is 2.86. The molecule has 1 aromatic heterocycles. The molecule has 1 heterocycles. The van der Waals surface area contributed by atoms with Gasteiger partial charge in [0.15, 0.2) is 6.10 Å². The molecule has 0 aliphatic carbocycles. The molecule has 0 bridgehead atoms. The highest BCUT2D eigenvalue weighted by Gasteiger charge is 2.18. The van der Waals surface area contributed by atoms with Crippen LogP contribution in [0.3, 0.4) is 0 Å². The average Bonchev–Trinajstić information content (AvgIpc) is 2.67. The Morgan fingerprint density at radius 2 is 1.93 bits per heavy atom. The van der Waals surface area contributed by atoms with Gasteiger partial charge in [-0.25, -0.2) is 0 Å². The monoisotopic (exact) mass is 364 g/mol. The molecule has 27 heavy (non-hydrogen) atoms. The van der Waals surface area contributed by atoms with E-state index in [4.69, 9.17) is 9.47 Å². The molecule has 2 aromatic carbocycles. The minimum Gasteiger partial charge on any atom is -0.492 e. The number of pyridine rings is 1. The van der Waals surface area contributed by atoms with Gasteiger partial charge in [-0.2, -0.15) is 0 Å². The summed E-state index contributed by atoms with van der Waals surface area (Å²) >= 11 is 0. The number of hydrogen-bond donors (Lipinski definition) is 1. The van der Waals surface area contributed by atoms with Gasteiger partial charge in [-0.1, -0.05) is 12.1 Å². The maximum Gasteiger partial charge on any atom is 0.265 e. The van der Waals surface area contributed by atoms with Crippen molar-refractivity contribution in [2.24, 2.45) is 0 Å². The molecule has 1 amide bonds. The van der Waals surface area contributed by atoms with Crippen molar-refractivity contribution >= 4 is 22.5 Å². The molecule has 3 aromatic rings. The zero-order valence-electron chi connectivity index (χ0n) is 16.1. The number of ether oxygens (including phenoxy) is 2. The topological polar surface area (TPSA) is 60.5 Å². The first kappa shape index (κ1) is 18.7. The lowest BCUT2D eigenvalue weighted by Crippen LogP contribution is -2.30. The van der Waals surface area contributed by atoms with Crippen LogP contribution in [0.4, 0.5) is 5.69 Å². The van der Waals surface area contributed by atoms with Crippen LogP contribution >= 0.6 is 0 Å². The van der Waals surface area contributed by atoms with Gasteiger partial charge in [-0.15, -0.1) is 0 Å². The van der Waals surface area contributed by atoms with Gasteiger partial charge in [-0.05, 0) is 69.2 Å². The summed E-state index contributed by atoms with van der Waals surface area (Å²) in [7, 11) is 0. The Bertz CT molecular complexity index is 969. The molecule has 0 saturated heterocycles. The molecule has 1 N–H and O–H groups in total. The molecule has 0 fully saturated rings. The Hall–Kier alpha value is -3.08. The van der Waals surface area contributed by atoms with Crippen molar-refractivity contribution < 1.29 is 14.3 Å². The maximum absolute atomic E-state index is 12.7. The van der Waals surface area contributed by atoms with E-state index in [9.17, 15) is 4.79 Å². The molecule has 0 saturated carbocycles. The first-order valence-corrected chi connectivity index (χ1v) is 9.05. The SMILES string of the molecule is CCOc1ccc(NC(=O)C(C)Oc2cccc(C)c2C)c2cccnc12. The minimum atomic E-state index is -0.635. The Kier molecular flexibility index (Phi) is 5.60. The molecule has 1 unspecified atom stereocenters. The van der Waals surface area contributed by atoms with E-state index in [0.717, 1.165) is 27.8 Å². The third-order valence-electron chi connectivity index (χ3n) is 4.52. The second kappa shape index (κ2) is 8.08. The third-order valence-corrected chi connectivity index (χ3v) is 4.52. The maximum atomic E-state index is 12.7. The van der Waals surface area contributed by atoms with Crippen molar-refractivity contribution in [1.29, 1.82) is 0 Å². The molecule has 5 heteroatoms. The van der Waals surface area contributed by atoms with Crippen molar-refractivity contribution in [3.63, 3.8) is 0 Å². The second-order valence-corrected chi connectivity index (χ2v) is 6.39. The summed E-state index contributed by atoms with van der Waals surface area (Å²) in [6.07, 6.45) is 1.08. The highest BCUT2D eigenvalue weighted by molar-refractivity contribution is 6.04. The Balaban J connectivity index is 1.81. The average molecular weight is 364 g/mol. The van der Waals surface area contributed by atoms with Gasteiger partial charge in [0.25, 0.3) is 5.91 Å². The van der Waals surface area contributed by atoms with Crippen molar-refractivity contribution in [3.05, 3.63) is 59.8 Å². The van der Waals surface area contributed by atoms with Crippen LogP contribution in [0, 0.1) is 13.8 Å². The van der Waals surface area contributed by atoms with E-state index in [-0.39, 0.29) is 5.91 Å². The second-order valence-electron chi connectivity index (χ2n) is 6.39. The standard InChI is InChI=1S/C22H24N2O3/c1-5-26-20-12-11-18(17-9-7-13-23-21(17)20)24-22(25)16(4)27-19-10-6-8-14(2)15(19)3/h6-13,16H,5H2,1-4H3,(H,24,25). The number of nitrogens with one attached hydrogen (secondary N) is 1. The first-order valence-electron chi connectivity index (χ1n) is 9.05. The predicted octanol–water partition coefficient (Wildman–Crippen LogP) is 4.66. The van der Waals surface area contributed by atoms with E-state index in [2.05, 4.69) is 10.3 Å². The van der Waals surface area contributed by atoms with E-state index >= 15 is 0 Å². The minimum absolute atomic E-state index is 0.217. The lowest BCUT2D eigenvalue weighted by Gasteiger charge is -2.18. The van der Waals surface area contributed by atoms with Crippen LogP contribution in [0.5, 0.6) is 11.5 Å². The summed E-state index contributed by atoms with van der Waals surface area (Å²) in [6.45, 7) is 8.23. The summed E-state index contributed by atoms with van der Waals surface area (Å²) in [4.78, 5) is 17.1. The third kappa shape index (κ3) is 4.03. The van der Waals surface area contributed by atoms with Crippen molar-refractivity contribution in [1.82, 2.24) is 4.98 Å². The summed E-state index contributed by atoms with van der Waals surface area (Å²) in [5, 5.41) is 3.78. The summed E-state index contributed by atoms with van der Waals surface area (Å²) in [5.74, 6) is 1.20. The van der Waals surface area contributed by atoms with Crippen LogP contribution < -0.4 is 14.8 Å². The molecule has 0 radical (unpaired) electrons. The fourth-order valence-electron chi connectivity index (χ4n) is 2.86. The number of anilines is 1. The number of nitrogens with zero attached hydrogens (tertiary/aromatic N) is 1. The van der Waals surface area contributed by atoms with Crippen LogP contribution in [0.2, 0.25) is 0 Å². The molecular weight excluding hydrogens is 340 g/mol. The molecule has 5 nitrogen and oxygen atoms in total. The number of aryl methyl sites for hydroxylation is 1. The van der Waals surface area contributed by atoms with Gasteiger partial charge in [0.05, 0.1) is 12.3 Å². The summed E-state index contributed by atoms with van der Waals surface area (Å²) in [5.41, 5.74) is 3.57. The van der Waals surface area contributed by atoms with Crippen LogP contribution in [-0.2, 0) is 4.79 Å². The van der Waals surface area contributed by atoms with E-state index in [1.807, 2.05) is 63.2 Å². The zero-order chi connectivity index (χ0) is 19.4. The molecule has 3 rings (SSSR count). The highest BCUT2D eigenvalue weighted by atomic mass is 16.5. The van der Waals surface area contributed by atoms with Gasteiger partial charge in [-0.3, -0.25) is 9.78 Å². The first-order chi connectivity index (χ1) is 13.0. The number of carbonyl (C=O) groups is 1. The number of amides is 1.